The van der Waals surface area contributed by atoms with E-state index in [-0.39, 0.29) is 5.41 Å². The fourth-order valence-electron chi connectivity index (χ4n) is 8.55. The van der Waals surface area contributed by atoms with Gasteiger partial charge in [0.25, 0.3) is 0 Å². The molecular weight excluding hydrogens is 785 g/mol. The normalized spacial score (nSPS) is 11.6. The Labute approximate surface area is 383 Å². The Bertz CT molecular complexity index is 3220. The number of nitrogens with zero attached hydrogens (tertiary/aromatic N) is 2. The van der Waals surface area contributed by atoms with Crippen LogP contribution in [0, 0.1) is 35.5 Å². The lowest BCUT2D eigenvalue weighted by Gasteiger charge is -2.28. The molecule has 0 amide bonds. The summed E-state index contributed by atoms with van der Waals surface area (Å²) < 4.78 is 0. The van der Waals surface area contributed by atoms with Gasteiger partial charge < -0.3 is 9.80 Å². The lowest BCUT2D eigenvalue weighted by atomic mass is 9.82. The fourth-order valence-corrected chi connectivity index (χ4v) is 8.55. The number of benzene rings is 9. The number of hydrogen-bond acceptors (Lipinski definition) is 2. The zero-order chi connectivity index (χ0) is 44.0. The van der Waals surface area contributed by atoms with Gasteiger partial charge in [-0.3, -0.25) is 0 Å². The molecule has 2 heteroatoms. The summed E-state index contributed by atoms with van der Waals surface area (Å²) in [5, 5.41) is 0. The van der Waals surface area contributed by atoms with Crippen LogP contribution in [0.5, 0.6) is 0 Å². The molecule has 0 N–H and O–H groups in total. The highest BCUT2D eigenvalue weighted by Crippen LogP contribution is 2.51. The highest BCUT2D eigenvalue weighted by atomic mass is 15.1. The van der Waals surface area contributed by atoms with E-state index in [1.807, 2.05) is 60.7 Å². The summed E-state index contributed by atoms with van der Waals surface area (Å²) in [7, 11) is 0. The van der Waals surface area contributed by atoms with E-state index in [4.69, 9.17) is 0 Å². The molecule has 0 unspecified atom stereocenters. The third kappa shape index (κ3) is 8.70. The van der Waals surface area contributed by atoms with Crippen LogP contribution in [0.2, 0.25) is 0 Å². The van der Waals surface area contributed by atoms with Crippen molar-refractivity contribution in [2.24, 2.45) is 0 Å². The topological polar surface area (TPSA) is 6.48 Å². The Hall–Kier alpha value is -8.74. The summed E-state index contributed by atoms with van der Waals surface area (Å²) in [6.45, 7) is 4.65. The van der Waals surface area contributed by atoms with E-state index < -0.39 is 0 Å². The molecule has 0 fully saturated rings. The maximum absolute atomic E-state index is 3.44. The Morgan fingerprint density at radius 2 is 0.523 bits per heavy atom. The van der Waals surface area contributed by atoms with Crippen molar-refractivity contribution in [3.8, 4) is 46.6 Å². The standard InChI is InChI=1S/C63H44N2/c1-63(2)61-45-52(39-43-59(61)60-44-42-58(46-62(60)63)65(55-19-11-5-12-20-55)56-21-13-6-14-22-56)36-35-50-31-29-48(30-32-50)24-23-47-25-27-49(28-26-47)33-34-51-37-40-57(41-38-51)64(53-15-7-3-8-16-53)54-17-9-4-10-18-54/h3-22,25-32,37-46H,1-2H3. The Morgan fingerprint density at radius 3 is 0.908 bits per heavy atom. The molecule has 1 aliphatic rings. The van der Waals surface area contributed by atoms with Crippen molar-refractivity contribution in [1.82, 2.24) is 0 Å². The van der Waals surface area contributed by atoms with Crippen molar-refractivity contribution in [2.75, 3.05) is 9.80 Å². The molecular formula is C63H44N2. The molecule has 0 saturated heterocycles. The van der Waals surface area contributed by atoms with Gasteiger partial charge in [0.15, 0.2) is 0 Å². The van der Waals surface area contributed by atoms with Crippen LogP contribution in [0.3, 0.4) is 0 Å². The fraction of sp³-hybridized carbons (Fsp3) is 0.0476. The number of hydrogen-bond donors (Lipinski definition) is 0. The third-order valence-corrected chi connectivity index (χ3v) is 11.9. The second kappa shape index (κ2) is 17.9. The number of rotatable bonds is 6. The molecule has 0 heterocycles. The minimum absolute atomic E-state index is 0.186. The van der Waals surface area contributed by atoms with Crippen molar-refractivity contribution >= 4 is 34.1 Å². The van der Waals surface area contributed by atoms with Crippen molar-refractivity contribution in [2.45, 2.75) is 19.3 Å². The van der Waals surface area contributed by atoms with E-state index in [1.165, 1.54) is 22.3 Å². The zero-order valence-corrected chi connectivity index (χ0v) is 36.3. The van der Waals surface area contributed by atoms with Crippen molar-refractivity contribution in [1.29, 1.82) is 0 Å². The molecule has 0 saturated carbocycles. The first-order valence-electron chi connectivity index (χ1n) is 21.9. The first-order valence-corrected chi connectivity index (χ1v) is 21.9. The number of para-hydroxylation sites is 4. The predicted octanol–water partition coefficient (Wildman–Crippen LogP) is 15.1. The van der Waals surface area contributed by atoms with Crippen LogP contribution in [0.15, 0.2) is 231 Å². The smallest absolute Gasteiger partial charge is 0.0465 e. The van der Waals surface area contributed by atoms with Gasteiger partial charge in [-0.1, -0.05) is 134 Å². The average molecular weight is 829 g/mol. The van der Waals surface area contributed by atoms with Crippen LogP contribution < -0.4 is 9.80 Å². The van der Waals surface area contributed by atoms with Crippen LogP contribution in [-0.4, -0.2) is 0 Å². The molecule has 0 aromatic heterocycles. The van der Waals surface area contributed by atoms with Crippen molar-refractivity contribution in [3.05, 3.63) is 275 Å². The molecule has 65 heavy (non-hydrogen) atoms. The number of fused-ring (bicyclic) bond motifs is 3. The van der Waals surface area contributed by atoms with Crippen LogP contribution in [-0.2, 0) is 5.41 Å². The minimum atomic E-state index is -0.186. The molecule has 0 aliphatic heterocycles. The van der Waals surface area contributed by atoms with Crippen molar-refractivity contribution in [3.63, 3.8) is 0 Å². The molecule has 306 valence electrons. The van der Waals surface area contributed by atoms with Gasteiger partial charge in [-0.2, -0.15) is 0 Å². The molecule has 10 rings (SSSR count). The summed E-state index contributed by atoms with van der Waals surface area (Å²) in [6.07, 6.45) is 0. The second-order valence-electron chi connectivity index (χ2n) is 16.6. The van der Waals surface area contributed by atoms with Crippen molar-refractivity contribution < 1.29 is 0 Å². The minimum Gasteiger partial charge on any atom is -0.311 e. The largest absolute Gasteiger partial charge is 0.311 e. The molecule has 0 atom stereocenters. The van der Waals surface area contributed by atoms with Gasteiger partial charge in [0, 0.05) is 72.9 Å². The summed E-state index contributed by atoms with van der Waals surface area (Å²) in [6, 6.07) is 80.2. The molecule has 9 aromatic rings. The predicted molar refractivity (Wildman–Crippen MR) is 271 cm³/mol. The lowest BCUT2D eigenvalue weighted by Crippen LogP contribution is -2.16. The molecule has 9 aromatic carbocycles. The maximum Gasteiger partial charge on any atom is 0.0465 e. The summed E-state index contributed by atoms with van der Waals surface area (Å²) in [4.78, 5) is 4.58. The molecule has 0 bridgehead atoms. The summed E-state index contributed by atoms with van der Waals surface area (Å²) in [5.41, 5.74) is 17.4. The van der Waals surface area contributed by atoms with Crippen LogP contribution >= 0.6 is 0 Å². The molecule has 1 aliphatic carbocycles. The maximum atomic E-state index is 3.44. The van der Waals surface area contributed by atoms with Crippen LogP contribution in [0.4, 0.5) is 34.1 Å². The van der Waals surface area contributed by atoms with Crippen LogP contribution in [0.1, 0.15) is 58.4 Å². The molecule has 2 nitrogen and oxygen atoms in total. The van der Waals surface area contributed by atoms with E-state index in [2.05, 4.69) is 229 Å². The Kier molecular flexibility index (Phi) is 11.1. The van der Waals surface area contributed by atoms with E-state index in [0.29, 0.717) is 0 Å². The highest BCUT2D eigenvalue weighted by molar-refractivity contribution is 5.86. The summed E-state index contributed by atoms with van der Waals surface area (Å²) in [5.74, 6) is 20.1. The summed E-state index contributed by atoms with van der Waals surface area (Å²) >= 11 is 0. The van der Waals surface area contributed by atoms with Gasteiger partial charge in [-0.15, -0.1) is 0 Å². The van der Waals surface area contributed by atoms with E-state index >= 15 is 0 Å². The van der Waals surface area contributed by atoms with E-state index in [1.54, 1.807) is 0 Å². The van der Waals surface area contributed by atoms with Gasteiger partial charge in [0.05, 0.1) is 0 Å². The third-order valence-electron chi connectivity index (χ3n) is 11.9. The van der Waals surface area contributed by atoms with Gasteiger partial charge in [0.2, 0.25) is 0 Å². The molecule has 0 radical (unpaired) electrons. The highest BCUT2D eigenvalue weighted by Gasteiger charge is 2.36. The molecule has 0 spiro atoms. The zero-order valence-electron chi connectivity index (χ0n) is 36.3. The SMILES string of the molecule is CC1(C)c2cc(C#Cc3ccc(C#Cc4ccc(C#Cc5ccc(N(c6ccccc6)c6ccccc6)cc5)cc4)cc3)ccc2-c2ccc(N(c3ccccc3)c3ccccc3)cc21. The Morgan fingerprint density at radius 1 is 0.262 bits per heavy atom. The lowest BCUT2D eigenvalue weighted by molar-refractivity contribution is 0.660. The monoisotopic (exact) mass is 828 g/mol. The van der Waals surface area contributed by atoms with E-state index in [9.17, 15) is 0 Å². The average Bonchev–Trinajstić information content (AvgIpc) is 3.59. The van der Waals surface area contributed by atoms with Crippen LogP contribution in [0.25, 0.3) is 11.1 Å². The first kappa shape index (κ1) is 40.3. The first-order chi connectivity index (χ1) is 32.0. The number of anilines is 6. The van der Waals surface area contributed by atoms with Gasteiger partial charge >= 0.3 is 0 Å². The Balaban J connectivity index is 0.796. The second-order valence-corrected chi connectivity index (χ2v) is 16.6. The van der Waals surface area contributed by atoms with Gasteiger partial charge in [-0.05, 0) is 168 Å². The van der Waals surface area contributed by atoms with E-state index in [0.717, 1.165) is 67.5 Å². The van der Waals surface area contributed by atoms with Gasteiger partial charge in [0.1, 0.15) is 0 Å². The van der Waals surface area contributed by atoms with Gasteiger partial charge in [-0.25, -0.2) is 0 Å². The quantitative estimate of drug-likeness (QED) is 0.154.